The van der Waals surface area contributed by atoms with Gasteiger partial charge < -0.3 is 5.73 Å². The molecule has 1 rings (SSSR count). The maximum atomic E-state index is 5.86. The highest BCUT2D eigenvalue weighted by Crippen LogP contribution is 2.12. The molecule has 0 atom stereocenters. The third-order valence-corrected chi connectivity index (χ3v) is 1.80. The van der Waals surface area contributed by atoms with Crippen LogP contribution in [0, 0.1) is 0 Å². The third-order valence-electron chi connectivity index (χ3n) is 1.45. The first-order valence-electron chi connectivity index (χ1n) is 3.64. The van der Waals surface area contributed by atoms with Gasteiger partial charge >= 0.3 is 0 Å². The Labute approximate surface area is 71.4 Å². The fourth-order valence-electron chi connectivity index (χ4n) is 0.872. The molecule has 0 fully saturated rings. The number of aromatic nitrogens is 1. The van der Waals surface area contributed by atoms with Crippen molar-refractivity contribution in [2.45, 2.75) is 12.8 Å². The summed E-state index contributed by atoms with van der Waals surface area (Å²) < 4.78 is 0. The molecule has 0 spiro atoms. The monoisotopic (exact) mass is 170 g/mol. The third kappa shape index (κ3) is 2.48. The van der Waals surface area contributed by atoms with Crippen LogP contribution in [-0.2, 0) is 6.42 Å². The van der Waals surface area contributed by atoms with Crippen molar-refractivity contribution in [3.63, 3.8) is 0 Å². The maximum absolute atomic E-state index is 5.86. The van der Waals surface area contributed by atoms with Gasteiger partial charge in [0.05, 0.1) is 10.7 Å². The smallest absolute Gasteiger partial charge is 0.0621 e. The number of hydrogen-bond acceptors (Lipinski definition) is 2. The predicted molar refractivity (Wildman–Crippen MR) is 46.6 cm³/mol. The standard InChI is InChI=1S/C8H11ClN2/c9-7-3-2-6-11-8(7)4-1-5-10/h2-3,6H,1,4-5,10H2. The van der Waals surface area contributed by atoms with E-state index in [9.17, 15) is 0 Å². The molecule has 2 N–H and O–H groups in total. The van der Waals surface area contributed by atoms with Crippen molar-refractivity contribution < 1.29 is 0 Å². The van der Waals surface area contributed by atoms with E-state index < -0.39 is 0 Å². The van der Waals surface area contributed by atoms with E-state index in [1.54, 1.807) is 6.20 Å². The van der Waals surface area contributed by atoms with Crippen LogP contribution in [0.5, 0.6) is 0 Å². The molecule has 0 amide bonds. The summed E-state index contributed by atoms with van der Waals surface area (Å²) in [7, 11) is 0. The molecule has 0 unspecified atom stereocenters. The van der Waals surface area contributed by atoms with Gasteiger partial charge in [-0.05, 0) is 31.5 Å². The highest BCUT2D eigenvalue weighted by atomic mass is 35.5. The van der Waals surface area contributed by atoms with Crippen LogP contribution in [0.15, 0.2) is 18.3 Å². The Hall–Kier alpha value is -0.600. The lowest BCUT2D eigenvalue weighted by Gasteiger charge is -1.99. The number of aryl methyl sites for hydroxylation is 1. The summed E-state index contributed by atoms with van der Waals surface area (Å²) in [6, 6.07) is 3.68. The first kappa shape index (κ1) is 8.50. The van der Waals surface area contributed by atoms with E-state index in [0.29, 0.717) is 6.54 Å². The molecule has 0 radical (unpaired) electrons. The van der Waals surface area contributed by atoms with E-state index in [1.165, 1.54) is 0 Å². The quantitative estimate of drug-likeness (QED) is 0.749. The SMILES string of the molecule is NCCCc1ncccc1Cl. The van der Waals surface area contributed by atoms with Gasteiger partial charge in [0.2, 0.25) is 0 Å². The Balaban J connectivity index is 2.62. The van der Waals surface area contributed by atoms with Gasteiger partial charge in [-0.15, -0.1) is 0 Å². The summed E-state index contributed by atoms with van der Waals surface area (Å²) in [4.78, 5) is 4.13. The summed E-state index contributed by atoms with van der Waals surface area (Å²) in [5, 5.41) is 0.737. The fraction of sp³-hybridized carbons (Fsp3) is 0.375. The van der Waals surface area contributed by atoms with E-state index in [-0.39, 0.29) is 0 Å². The van der Waals surface area contributed by atoms with E-state index >= 15 is 0 Å². The van der Waals surface area contributed by atoms with Crippen LogP contribution >= 0.6 is 11.6 Å². The van der Waals surface area contributed by atoms with Crippen molar-refractivity contribution in [2.24, 2.45) is 5.73 Å². The zero-order valence-corrected chi connectivity index (χ0v) is 7.01. The van der Waals surface area contributed by atoms with Crippen LogP contribution in [-0.4, -0.2) is 11.5 Å². The zero-order chi connectivity index (χ0) is 8.10. The predicted octanol–water partition coefficient (Wildman–Crippen LogP) is 1.63. The summed E-state index contributed by atoms with van der Waals surface area (Å²) in [6.07, 6.45) is 3.56. The second-order valence-electron chi connectivity index (χ2n) is 2.32. The number of halogens is 1. The van der Waals surface area contributed by atoms with E-state index in [4.69, 9.17) is 17.3 Å². The van der Waals surface area contributed by atoms with Crippen LogP contribution < -0.4 is 5.73 Å². The molecule has 0 aliphatic carbocycles. The second-order valence-corrected chi connectivity index (χ2v) is 2.73. The minimum atomic E-state index is 0.687. The highest BCUT2D eigenvalue weighted by molar-refractivity contribution is 6.31. The lowest BCUT2D eigenvalue weighted by atomic mass is 10.2. The molecule has 1 aromatic rings. The molecule has 0 aliphatic heterocycles. The van der Waals surface area contributed by atoms with Gasteiger partial charge in [-0.2, -0.15) is 0 Å². The molecule has 0 aliphatic rings. The zero-order valence-electron chi connectivity index (χ0n) is 6.26. The van der Waals surface area contributed by atoms with Gasteiger partial charge in [-0.25, -0.2) is 0 Å². The van der Waals surface area contributed by atoms with Crippen molar-refractivity contribution in [3.05, 3.63) is 29.0 Å². The fourth-order valence-corrected chi connectivity index (χ4v) is 1.09. The maximum Gasteiger partial charge on any atom is 0.0621 e. The van der Waals surface area contributed by atoms with Crippen molar-refractivity contribution in [1.29, 1.82) is 0 Å². The number of nitrogens with zero attached hydrogens (tertiary/aromatic N) is 1. The van der Waals surface area contributed by atoms with Crippen LogP contribution in [0.1, 0.15) is 12.1 Å². The number of rotatable bonds is 3. The highest BCUT2D eigenvalue weighted by Gasteiger charge is 1.97. The van der Waals surface area contributed by atoms with Crippen LogP contribution in [0.2, 0.25) is 5.02 Å². The largest absolute Gasteiger partial charge is 0.330 e. The molecule has 60 valence electrons. The van der Waals surface area contributed by atoms with Crippen LogP contribution in [0.25, 0.3) is 0 Å². The van der Waals surface area contributed by atoms with Crippen LogP contribution in [0.4, 0.5) is 0 Å². The molecule has 0 saturated heterocycles. The summed E-state index contributed by atoms with van der Waals surface area (Å²) in [6.45, 7) is 0.687. The van der Waals surface area contributed by atoms with Gasteiger partial charge in [-0.1, -0.05) is 11.6 Å². The van der Waals surface area contributed by atoms with E-state index in [2.05, 4.69) is 4.98 Å². The summed E-state index contributed by atoms with van der Waals surface area (Å²) in [5.74, 6) is 0. The van der Waals surface area contributed by atoms with Crippen LogP contribution in [0.3, 0.4) is 0 Å². The lowest BCUT2D eigenvalue weighted by Crippen LogP contribution is -2.01. The van der Waals surface area contributed by atoms with Gasteiger partial charge in [0.25, 0.3) is 0 Å². The van der Waals surface area contributed by atoms with Gasteiger partial charge in [0.1, 0.15) is 0 Å². The first-order valence-corrected chi connectivity index (χ1v) is 4.02. The number of hydrogen-bond donors (Lipinski definition) is 1. The average molecular weight is 171 g/mol. The molecule has 0 saturated carbocycles. The Kier molecular flexibility index (Phi) is 3.33. The normalized spacial score (nSPS) is 10.0. The Morgan fingerprint density at radius 2 is 2.36 bits per heavy atom. The minimum absolute atomic E-state index is 0.687. The minimum Gasteiger partial charge on any atom is -0.330 e. The average Bonchev–Trinajstić information content (AvgIpc) is 2.03. The summed E-state index contributed by atoms with van der Waals surface area (Å²) >= 11 is 5.86. The molecule has 11 heavy (non-hydrogen) atoms. The van der Waals surface area contributed by atoms with Gasteiger partial charge in [0.15, 0.2) is 0 Å². The van der Waals surface area contributed by atoms with E-state index in [0.717, 1.165) is 23.6 Å². The molecular weight excluding hydrogens is 160 g/mol. The lowest BCUT2D eigenvalue weighted by molar-refractivity contribution is 0.811. The summed E-state index contributed by atoms with van der Waals surface area (Å²) in [5.41, 5.74) is 6.30. The van der Waals surface area contributed by atoms with Crippen molar-refractivity contribution in [2.75, 3.05) is 6.54 Å². The Morgan fingerprint density at radius 1 is 1.55 bits per heavy atom. The number of nitrogens with two attached hydrogens (primary N) is 1. The van der Waals surface area contributed by atoms with Gasteiger partial charge in [-0.3, -0.25) is 4.98 Å². The van der Waals surface area contributed by atoms with Crippen molar-refractivity contribution in [3.8, 4) is 0 Å². The Morgan fingerprint density at radius 3 is 3.00 bits per heavy atom. The van der Waals surface area contributed by atoms with Gasteiger partial charge in [0, 0.05) is 6.20 Å². The molecule has 0 bridgehead atoms. The molecule has 3 heteroatoms. The number of pyridine rings is 1. The Bertz CT molecular complexity index is 225. The molecular formula is C8H11ClN2. The topological polar surface area (TPSA) is 38.9 Å². The molecule has 1 aromatic heterocycles. The molecule has 1 heterocycles. The second kappa shape index (κ2) is 4.31. The van der Waals surface area contributed by atoms with Crippen molar-refractivity contribution >= 4 is 11.6 Å². The first-order chi connectivity index (χ1) is 5.34. The van der Waals surface area contributed by atoms with E-state index in [1.807, 2.05) is 12.1 Å². The molecule has 0 aromatic carbocycles. The molecule has 2 nitrogen and oxygen atoms in total. The van der Waals surface area contributed by atoms with Crippen molar-refractivity contribution in [1.82, 2.24) is 4.98 Å².